The van der Waals surface area contributed by atoms with Crippen LogP contribution in [0, 0.1) is 0 Å². The first-order valence-corrected chi connectivity index (χ1v) is 5.39. The van der Waals surface area contributed by atoms with Gasteiger partial charge in [-0.2, -0.15) is 0 Å². The van der Waals surface area contributed by atoms with Crippen LogP contribution in [0.4, 0.5) is 0 Å². The van der Waals surface area contributed by atoms with E-state index in [-0.39, 0.29) is 0 Å². The van der Waals surface area contributed by atoms with Gasteiger partial charge in [0.1, 0.15) is 0 Å². The third kappa shape index (κ3) is 3.66. The van der Waals surface area contributed by atoms with Crippen molar-refractivity contribution >= 4 is 23.8 Å². The number of benzene rings is 1. The van der Waals surface area contributed by atoms with Crippen LogP contribution in [0.2, 0.25) is 0 Å². The van der Waals surface area contributed by atoms with Crippen molar-refractivity contribution in [1.82, 2.24) is 0 Å². The molecule has 0 aliphatic rings. The Morgan fingerprint density at radius 2 is 2.06 bits per heavy atom. The van der Waals surface area contributed by atoms with Crippen LogP contribution in [0.25, 0.3) is 0 Å². The molecule has 0 radical (unpaired) electrons. The second-order valence-electron chi connectivity index (χ2n) is 3.33. The fourth-order valence-corrected chi connectivity index (χ4v) is 1.36. The van der Waals surface area contributed by atoms with Crippen molar-refractivity contribution in [2.24, 2.45) is 4.99 Å². The third-order valence-electron chi connectivity index (χ3n) is 2.06. The van der Waals surface area contributed by atoms with E-state index in [4.69, 9.17) is 11.6 Å². The first-order valence-electron chi connectivity index (χ1n) is 4.95. The molecule has 16 heavy (non-hydrogen) atoms. The molecule has 0 N–H and O–H groups in total. The number of rotatable bonds is 4. The summed E-state index contributed by atoms with van der Waals surface area (Å²) in [6.45, 7) is 1.71. The largest absolute Gasteiger partial charge is 0.467 e. The van der Waals surface area contributed by atoms with Crippen LogP contribution in [-0.2, 0) is 9.53 Å². The van der Waals surface area contributed by atoms with Crippen molar-refractivity contribution in [2.45, 2.75) is 18.3 Å². The Labute approximate surface area is 100 Å². The maximum atomic E-state index is 11.4. The Morgan fingerprint density at radius 1 is 1.44 bits per heavy atom. The van der Waals surface area contributed by atoms with Crippen molar-refractivity contribution in [2.75, 3.05) is 7.11 Å². The number of methoxy groups -OCH3 is 1. The maximum absolute atomic E-state index is 11.4. The molecule has 1 aromatic carbocycles. The number of aliphatic imine (C=N–C) groups is 1. The Balaban J connectivity index is 2.76. The molecular formula is C12H14ClNO2. The van der Waals surface area contributed by atoms with Gasteiger partial charge in [-0.1, -0.05) is 30.3 Å². The number of carbonyl (C=O) groups excluding carboxylic acids is 1. The van der Waals surface area contributed by atoms with Crippen LogP contribution in [0.5, 0.6) is 0 Å². The zero-order valence-corrected chi connectivity index (χ0v) is 10.0. The van der Waals surface area contributed by atoms with Crippen LogP contribution in [0.15, 0.2) is 35.3 Å². The summed E-state index contributed by atoms with van der Waals surface area (Å²) in [6.07, 6.45) is 1.63. The molecule has 0 aromatic heterocycles. The quantitative estimate of drug-likeness (QED) is 0.459. The van der Waals surface area contributed by atoms with Gasteiger partial charge in [-0.05, 0) is 12.5 Å². The Morgan fingerprint density at radius 3 is 2.56 bits per heavy atom. The van der Waals surface area contributed by atoms with Crippen molar-refractivity contribution < 1.29 is 9.53 Å². The predicted octanol–water partition coefficient (Wildman–Crippen LogP) is 2.27. The van der Waals surface area contributed by atoms with E-state index in [1.54, 1.807) is 13.1 Å². The van der Waals surface area contributed by atoms with Crippen molar-refractivity contribution in [3.8, 4) is 0 Å². The van der Waals surface area contributed by atoms with Gasteiger partial charge >= 0.3 is 5.97 Å². The van der Waals surface area contributed by atoms with Gasteiger partial charge in [-0.25, -0.2) is 4.79 Å². The summed E-state index contributed by atoms with van der Waals surface area (Å²) in [5, 5.41) is -0.396. The lowest BCUT2D eigenvalue weighted by atomic mass is 10.2. The summed E-state index contributed by atoms with van der Waals surface area (Å²) in [5.41, 5.74) is 0.925. The molecule has 0 bridgehead atoms. The molecule has 0 aliphatic carbocycles. The second-order valence-corrected chi connectivity index (χ2v) is 4.02. The molecule has 2 unspecified atom stereocenters. The smallest absolute Gasteiger partial charge is 0.332 e. The van der Waals surface area contributed by atoms with E-state index in [0.717, 1.165) is 5.56 Å². The van der Waals surface area contributed by atoms with Crippen LogP contribution in [0.1, 0.15) is 12.5 Å². The van der Waals surface area contributed by atoms with Gasteiger partial charge in [0.15, 0.2) is 6.04 Å². The first-order chi connectivity index (χ1) is 7.65. The zero-order chi connectivity index (χ0) is 12.0. The molecule has 0 fully saturated rings. The van der Waals surface area contributed by atoms with Crippen LogP contribution in [0.3, 0.4) is 0 Å². The highest BCUT2D eigenvalue weighted by Gasteiger charge is 2.22. The van der Waals surface area contributed by atoms with E-state index >= 15 is 0 Å². The predicted molar refractivity (Wildman–Crippen MR) is 65.2 cm³/mol. The molecule has 3 nitrogen and oxygen atoms in total. The lowest BCUT2D eigenvalue weighted by Crippen LogP contribution is -2.28. The zero-order valence-electron chi connectivity index (χ0n) is 9.26. The van der Waals surface area contributed by atoms with Gasteiger partial charge in [0.05, 0.1) is 12.5 Å². The fraction of sp³-hybridized carbons (Fsp3) is 0.333. The van der Waals surface area contributed by atoms with Crippen LogP contribution in [-0.4, -0.2) is 30.7 Å². The highest BCUT2D eigenvalue weighted by Crippen LogP contribution is 2.08. The molecule has 0 amide bonds. The number of hydrogen-bond donors (Lipinski definition) is 0. The summed E-state index contributed by atoms with van der Waals surface area (Å²) >= 11 is 5.87. The van der Waals surface area contributed by atoms with E-state index in [0.29, 0.717) is 0 Å². The highest BCUT2D eigenvalue weighted by molar-refractivity contribution is 6.22. The van der Waals surface area contributed by atoms with Crippen molar-refractivity contribution in [3.63, 3.8) is 0 Å². The molecule has 0 spiro atoms. The first kappa shape index (κ1) is 12.7. The molecule has 0 aliphatic heterocycles. The van der Waals surface area contributed by atoms with E-state index in [2.05, 4.69) is 9.73 Å². The monoisotopic (exact) mass is 239 g/mol. The summed E-state index contributed by atoms with van der Waals surface area (Å²) in [4.78, 5) is 15.5. The molecule has 0 heterocycles. The average Bonchev–Trinajstić information content (AvgIpc) is 2.30. The molecule has 0 saturated heterocycles. The van der Waals surface area contributed by atoms with Crippen LogP contribution >= 0.6 is 11.6 Å². The Hall–Kier alpha value is -1.35. The Bertz CT molecular complexity index is 363. The number of hydrogen-bond acceptors (Lipinski definition) is 3. The standard InChI is InChI=1S/C12H14ClNO2/c1-9(13)11(12(15)16-2)14-8-10-6-4-3-5-7-10/h3-9,11H,1-2H3. The molecule has 2 atom stereocenters. The van der Waals surface area contributed by atoms with Gasteiger partial charge < -0.3 is 4.74 Å². The normalized spacial score (nSPS) is 14.7. The molecule has 4 heteroatoms. The Kier molecular flexibility index (Phi) is 4.99. The average molecular weight is 240 g/mol. The summed E-state index contributed by atoms with van der Waals surface area (Å²) < 4.78 is 4.62. The van der Waals surface area contributed by atoms with Gasteiger partial charge in [0.25, 0.3) is 0 Å². The maximum Gasteiger partial charge on any atom is 0.332 e. The molecule has 1 rings (SSSR count). The summed E-state index contributed by atoms with van der Waals surface area (Å²) in [6, 6.07) is 8.86. The summed E-state index contributed by atoms with van der Waals surface area (Å²) in [5.74, 6) is -0.422. The lowest BCUT2D eigenvalue weighted by Gasteiger charge is -2.11. The number of carbonyl (C=O) groups is 1. The van der Waals surface area contributed by atoms with Crippen LogP contribution < -0.4 is 0 Å². The number of halogens is 1. The molecule has 86 valence electrons. The van der Waals surface area contributed by atoms with Gasteiger partial charge in [0.2, 0.25) is 0 Å². The minimum Gasteiger partial charge on any atom is -0.467 e. The topological polar surface area (TPSA) is 38.7 Å². The van der Waals surface area contributed by atoms with E-state index < -0.39 is 17.4 Å². The van der Waals surface area contributed by atoms with E-state index in [9.17, 15) is 4.79 Å². The third-order valence-corrected chi connectivity index (χ3v) is 2.30. The highest BCUT2D eigenvalue weighted by atomic mass is 35.5. The number of alkyl halides is 1. The number of nitrogens with zero attached hydrogens (tertiary/aromatic N) is 1. The van der Waals surface area contributed by atoms with Gasteiger partial charge in [-0.15, -0.1) is 11.6 Å². The molecule has 0 saturated carbocycles. The molecular weight excluding hydrogens is 226 g/mol. The summed E-state index contributed by atoms with van der Waals surface area (Å²) in [7, 11) is 1.33. The number of ether oxygens (including phenoxy) is 1. The molecule has 1 aromatic rings. The van der Waals surface area contributed by atoms with E-state index in [1.807, 2.05) is 30.3 Å². The van der Waals surface area contributed by atoms with Crippen molar-refractivity contribution in [1.29, 1.82) is 0 Å². The van der Waals surface area contributed by atoms with Gasteiger partial charge in [-0.3, -0.25) is 4.99 Å². The second kappa shape index (κ2) is 6.28. The van der Waals surface area contributed by atoms with E-state index in [1.165, 1.54) is 7.11 Å². The SMILES string of the molecule is COC(=O)C(N=Cc1ccccc1)C(C)Cl. The fourth-order valence-electron chi connectivity index (χ4n) is 1.19. The number of esters is 1. The minimum absolute atomic E-state index is 0.396. The lowest BCUT2D eigenvalue weighted by molar-refractivity contribution is -0.141. The minimum atomic E-state index is -0.660. The van der Waals surface area contributed by atoms with Crippen molar-refractivity contribution in [3.05, 3.63) is 35.9 Å². The van der Waals surface area contributed by atoms with Gasteiger partial charge in [0, 0.05) is 6.21 Å².